The van der Waals surface area contributed by atoms with E-state index in [0.29, 0.717) is 16.9 Å². The Morgan fingerprint density at radius 3 is 2.00 bits per heavy atom. The van der Waals surface area contributed by atoms with Crippen LogP contribution in [0, 0.1) is 3.57 Å². The molecule has 0 aliphatic heterocycles. The van der Waals surface area contributed by atoms with Crippen molar-refractivity contribution >= 4 is 45.8 Å². The maximum atomic E-state index is 12.1. The topological polar surface area (TPSA) is 58.2 Å². The number of carbonyl (C=O) groups excluding carboxylic acids is 2. The normalized spacial score (nSPS) is 9.90. The lowest BCUT2D eigenvalue weighted by atomic mass is 10.2. The maximum Gasteiger partial charge on any atom is 0.255 e. The third-order valence-corrected chi connectivity index (χ3v) is 3.31. The Kier molecular flexibility index (Phi) is 4.73. The molecule has 5 heteroatoms. The van der Waals surface area contributed by atoms with Crippen molar-refractivity contribution in [2.45, 2.75) is 6.92 Å². The highest BCUT2D eigenvalue weighted by Gasteiger charge is 2.09. The Bertz CT molecular complexity index is 639. The summed E-state index contributed by atoms with van der Waals surface area (Å²) < 4.78 is 1.07. The number of rotatable bonds is 3. The molecule has 0 aliphatic rings. The molecule has 20 heavy (non-hydrogen) atoms. The van der Waals surface area contributed by atoms with Gasteiger partial charge in [0.1, 0.15) is 0 Å². The van der Waals surface area contributed by atoms with Crippen molar-refractivity contribution in [3.8, 4) is 0 Å². The SMILES string of the molecule is CC(=O)Nc1ccccc1NC(=O)c1ccc(I)cc1. The summed E-state index contributed by atoms with van der Waals surface area (Å²) in [6.45, 7) is 1.43. The lowest BCUT2D eigenvalue weighted by Gasteiger charge is -2.11. The Morgan fingerprint density at radius 1 is 0.900 bits per heavy atom. The quantitative estimate of drug-likeness (QED) is 0.801. The third-order valence-electron chi connectivity index (χ3n) is 2.59. The highest BCUT2D eigenvalue weighted by atomic mass is 127. The first-order valence-electron chi connectivity index (χ1n) is 6.00. The molecular formula is C15H13IN2O2. The second-order valence-corrected chi connectivity index (χ2v) is 5.43. The molecule has 2 aromatic rings. The van der Waals surface area contributed by atoms with Gasteiger partial charge in [-0.2, -0.15) is 0 Å². The standard InChI is InChI=1S/C15H13IN2O2/c1-10(19)17-13-4-2-3-5-14(13)18-15(20)11-6-8-12(16)9-7-11/h2-9H,1H3,(H,17,19)(H,18,20). The van der Waals surface area contributed by atoms with Gasteiger partial charge in [0.25, 0.3) is 5.91 Å². The van der Waals surface area contributed by atoms with E-state index in [2.05, 4.69) is 33.2 Å². The fraction of sp³-hybridized carbons (Fsp3) is 0.0667. The Morgan fingerprint density at radius 2 is 1.45 bits per heavy atom. The molecular weight excluding hydrogens is 367 g/mol. The van der Waals surface area contributed by atoms with Crippen molar-refractivity contribution in [1.29, 1.82) is 0 Å². The number of para-hydroxylation sites is 2. The second-order valence-electron chi connectivity index (χ2n) is 4.19. The van der Waals surface area contributed by atoms with Gasteiger partial charge in [-0.25, -0.2) is 0 Å². The van der Waals surface area contributed by atoms with Gasteiger partial charge in [0, 0.05) is 16.1 Å². The molecule has 0 bridgehead atoms. The van der Waals surface area contributed by atoms with E-state index in [4.69, 9.17) is 0 Å². The summed E-state index contributed by atoms with van der Waals surface area (Å²) in [6, 6.07) is 14.3. The molecule has 0 fully saturated rings. The Labute approximate surface area is 130 Å². The van der Waals surface area contributed by atoms with Crippen molar-refractivity contribution in [1.82, 2.24) is 0 Å². The van der Waals surface area contributed by atoms with E-state index in [1.165, 1.54) is 6.92 Å². The lowest BCUT2D eigenvalue weighted by molar-refractivity contribution is -0.114. The van der Waals surface area contributed by atoms with Gasteiger partial charge in [-0.3, -0.25) is 9.59 Å². The fourth-order valence-electron chi connectivity index (χ4n) is 1.69. The number of nitrogens with one attached hydrogen (secondary N) is 2. The average molecular weight is 380 g/mol. The minimum Gasteiger partial charge on any atom is -0.325 e. The fourth-order valence-corrected chi connectivity index (χ4v) is 2.05. The molecule has 4 nitrogen and oxygen atoms in total. The van der Waals surface area contributed by atoms with Crippen LogP contribution in [0.15, 0.2) is 48.5 Å². The van der Waals surface area contributed by atoms with Crippen molar-refractivity contribution < 1.29 is 9.59 Å². The summed E-state index contributed by atoms with van der Waals surface area (Å²) in [6.07, 6.45) is 0. The van der Waals surface area contributed by atoms with E-state index in [1.54, 1.807) is 36.4 Å². The summed E-state index contributed by atoms with van der Waals surface area (Å²) in [5.74, 6) is -0.389. The molecule has 2 amide bonds. The van der Waals surface area contributed by atoms with E-state index in [-0.39, 0.29) is 11.8 Å². The number of hydrogen-bond donors (Lipinski definition) is 2. The summed E-state index contributed by atoms with van der Waals surface area (Å²) >= 11 is 2.18. The zero-order valence-electron chi connectivity index (χ0n) is 10.8. The van der Waals surface area contributed by atoms with Gasteiger partial charge in [-0.15, -0.1) is 0 Å². The molecule has 0 spiro atoms. The zero-order valence-corrected chi connectivity index (χ0v) is 13.0. The lowest BCUT2D eigenvalue weighted by Crippen LogP contribution is -2.15. The van der Waals surface area contributed by atoms with Gasteiger partial charge in [0.05, 0.1) is 11.4 Å². The molecule has 2 N–H and O–H groups in total. The van der Waals surface area contributed by atoms with Gasteiger partial charge >= 0.3 is 0 Å². The minimum atomic E-state index is -0.209. The van der Waals surface area contributed by atoms with Crippen LogP contribution in [-0.2, 0) is 4.79 Å². The number of benzene rings is 2. The summed E-state index contributed by atoms with van der Waals surface area (Å²) in [7, 11) is 0. The predicted octanol–water partition coefficient (Wildman–Crippen LogP) is 3.50. The number of amides is 2. The van der Waals surface area contributed by atoms with Crippen LogP contribution in [0.1, 0.15) is 17.3 Å². The first-order valence-corrected chi connectivity index (χ1v) is 7.07. The summed E-state index contributed by atoms with van der Waals surface area (Å²) in [4.78, 5) is 23.3. The average Bonchev–Trinajstić information content (AvgIpc) is 2.41. The highest BCUT2D eigenvalue weighted by molar-refractivity contribution is 14.1. The molecule has 0 saturated heterocycles. The van der Waals surface area contributed by atoms with Gasteiger partial charge in [0.2, 0.25) is 5.91 Å². The van der Waals surface area contributed by atoms with E-state index >= 15 is 0 Å². The van der Waals surface area contributed by atoms with Crippen LogP contribution < -0.4 is 10.6 Å². The molecule has 0 atom stereocenters. The highest BCUT2D eigenvalue weighted by Crippen LogP contribution is 2.21. The maximum absolute atomic E-state index is 12.1. The Hall–Kier alpha value is -1.89. The van der Waals surface area contributed by atoms with Gasteiger partial charge in [-0.1, -0.05) is 12.1 Å². The molecule has 102 valence electrons. The zero-order chi connectivity index (χ0) is 14.5. The van der Waals surface area contributed by atoms with Crippen molar-refractivity contribution in [3.05, 3.63) is 57.7 Å². The van der Waals surface area contributed by atoms with Crippen molar-refractivity contribution in [2.24, 2.45) is 0 Å². The van der Waals surface area contributed by atoms with Crippen LogP contribution in [0.4, 0.5) is 11.4 Å². The molecule has 0 heterocycles. The van der Waals surface area contributed by atoms with Crippen LogP contribution in [0.3, 0.4) is 0 Å². The smallest absolute Gasteiger partial charge is 0.255 e. The van der Waals surface area contributed by atoms with Crippen LogP contribution in [0.5, 0.6) is 0 Å². The monoisotopic (exact) mass is 380 g/mol. The second kappa shape index (κ2) is 6.51. The van der Waals surface area contributed by atoms with Gasteiger partial charge in [0.15, 0.2) is 0 Å². The van der Waals surface area contributed by atoms with Crippen LogP contribution in [0.25, 0.3) is 0 Å². The van der Waals surface area contributed by atoms with E-state index in [0.717, 1.165) is 3.57 Å². The molecule has 0 unspecified atom stereocenters. The minimum absolute atomic E-state index is 0.180. The predicted molar refractivity (Wildman–Crippen MR) is 87.9 cm³/mol. The van der Waals surface area contributed by atoms with E-state index in [9.17, 15) is 9.59 Å². The molecule has 0 radical (unpaired) electrons. The third kappa shape index (κ3) is 3.80. The first-order chi connectivity index (χ1) is 9.56. The number of halogens is 1. The molecule has 2 aromatic carbocycles. The Balaban J connectivity index is 2.19. The summed E-state index contributed by atoms with van der Waals surface area (Å²) in [5, 5.41) is 5.48. The van der Waals surface area contributed by atoms with Crippen LogP contribution in [-0.4, -0.2) is 11.8 Å². The molecule has 0 aliphatic carbocycles. The van der Waals surface area contributed by atoms with Crippen LogP contribution in [0.2, 0.25) is 0 Å². The van der Waals surface area contributed by atoms with Crippen molar-refractivity contribution in [3.63, 3.8) is 0 Å². The van der Waals surface area contributed by atoms with Crippen LogP contribution >= 0.6 is 22.6 Å². The molecule has 0 saturated carbocycles. The molecule has 0 aromatic heterocycles. The number of anilines is 2. The number of carbonyl (C=O) groups is 2. The van der Waals surface area contributed by atoms with E-state index < -0.39 is 0 Å². The van der Waals surface area contributed by atoms with Gasteiger partial charge in [-0.05, 0) is 59.0 Å². The molecule has 2 rings (SSSR count). The largest absolute Gasteiger partial charge is 0.325 e. The first kappa shape index (κ1) is 14.5. The summed E-state index contributed by atoms with van der Waals surface area (Å²) in [5.41, 5.74) is 1.73. The van der Waals surface area contributed by atoms with Crippen molar-refractivity contribution in [2.75, 3.05) is 10.6 Å². The van der Waals surface area contributed by atoms with Gasteiger partial charge < -0.3 is 10.6 Å². The van der Waals surface area contributed by atoms with E-state index in [1.807, 2.05) is 12.1 Å². The number of hydrogen-bond acceptors (Lipinski definition) is 2.